The number of aromatic nitrogens is 4. The van der Waals surface area contributed by atoms with Gasteiger partial charge in [0, 0.05) is 25.0 Å². The highest BCUT2D eigenvalue weighted by molar-refractivity contribution is 6.07. The van der Waals surface area contributed by atoms with Gasteiger partial charge in [-0.2, -0.15) is 10.2 Å². The lowest BCUT2D eigenvalue weighted by Gasteiger charge is -1.98. The van der Waals surface area contributed by atoms with Crippen LogP contribution in [0.5, 0.6) is 5.75 Å². The van der Waals surface area contributed by atoms with E-state index in [4.69, 9.17) is 0 Å². The van der Waals surface area contributed by atoms with Gasteiger partial charge in [0.05, 0.1) is 11.8 Å². The third-order valence-corrected chi connectivity index (χ3v) is 2.96. The predicted octanol–water partition coefficient (Wildman–Crippen LogP) is 1.64. The molecule has 0 bridgehead atoms. The first-order chi connectivity index (χ1) is 9.08. The summed E-state index contributed by atoms with van der Waals surface area (Å²) in [5, 5.41) is 18.4. The number of nitrogens with zero attached hydrogens (tertiary/aromatic N) is 4. The Labute approximate surface area is 108 Å². The zero-order valence-electron chi connectivity index (χ0n) is 10.5. The van der Waals surface area contributed by atoms with E-state index in [9.17, 15) is 9.90 Å². The summed E-state index contributed by atoms with van der Waals surface area (Å²) in [7, 11) is 1.80. The molecule has 3 heterocycles. The van der Waals surface area contributed by atoms with Crippen molar-refractivity contribution in [3.8, 4) is 17.0 Å². The lowest BCUT2D eigenvalue weighted by molar-refractivity contribution is 0.101. The van der Waals surface area contributed by atoms with Gasteiger partial charge in [0.15, 0.2) is 5.78 Å². The number of aryl methyl sites for hydroxylation is 1. The molecule has 0 saturated carbocycles. The van der Waals surface area contributed by atoms with E-state index < -0.39 is 0 Å². The van der Waals surface area contributed by atoms with Gasteiger partial charge in [-0.1, -0.05) is 0 Å². The second kappa shape index (κ2) is 3.94. The maximum atomic E-state index is 11.9. The topological polar surface area (TPSA) is 72.4 Å². The van der Waals surface area contributed by atoms with Crippen LogP contribution in [0.1, 0.15) is 17.3 Å². The van der Waals surface area contributed by atoms with Crippen molar-refractivity contribution in [1.29, 1.82) is 0 Å². The standard InChI is InChI=1S/C13H12N4O2/c1-8(18)11-12(9-6-14-16(2)7-9)15-17-5-3-4-10(19)13(11)17/h3-7,19H,1-2H3. The van der Waals surface area contributed by atoms with Crippen molar-refractivity contribution in [2.75, 3.05) is 0 Å². The molecule has 0 atom stereocenters. The Morgan fingerprint density at radius 1 is 1.42 bits per heavy atom. The number of Topliss-reactive ketones (excluding diaryl/α,β-unsaturated/α-hetero) is 1. The maximum Gasteiger partial charge on any atom is 0.164 e. The number of hydrogen-bond donors (Lipinski definition) is 1. The first kappa shape index (κ1) is 11.5. The second-order valence-electron chi connectivity index (χ2n) is 4.37. The molecule has 19 heavy (non-hydrogen) atoms. The lowest BCUT2D eigenvalue weighted by Crippen LogP contribution is -1.94. The molecule has 0 fully saturated rings. The molecule has 1 N–H and O–H groups in total. The molecular weight excluding hydrogens is 244 g/mol. The Hall–Kier alpha value is -2.63. The Balaban J connectivity index is 2.39. The van der Waals surface area contributed by atoms with Crippen LogP contribution in [0.2, 0.25) is 0 Å². The van der Waals surface area contributed by atoms with Crippen LogP contribution in [0.15, 0.2) is 30.7 Å². The van der Waals surface area contributed by atoms with Gasteiger partial charge in [0.2, 0.25) is 0 Å². The Bertz CT molecular complexity index is 785. The van der Waals surface area contributed by atoms with E-state index >= 15 is 0 Å². The normalized spacial score (nSPS) is 11.1. The fourth-order valence-corrected chi connectivity index (χ4v) is 2.16. The molecule has 0 amide bonds. The third kappa shape index (κ3) is 1.69. The van der Waals surface area contributed by atoms with Gasteiger partial charge in [-0.05, 0) is 19.1 Å². The third-order valence-electron chi connectivity index (χ3n) is 2.96. The van der Waals surface area contributed by atoms with Crippen molar-refractivity contribution in [3.05, 3.63) is 36.3 Å². The molecule has 3 aromatic heterocycles. The smallest absolute Gasteiger partial charge is 0.164 e. The largest absolute Gasteiger partial charge is 0.506 e. The van der Waals surface area contributed by atoms with Crippen molar-refractivity contribution in [2.24, 2.45) is 7.05 Å². The molecule has 0 aliphatic carbocycles. The number of hydrogen-bond acceptors (Lipinski definition) is 4. The maximum absolute atomic E-state index is 11.9. The lowest BCUT2D eigenvalue weighted by atomic mass is 10.1. The number of carbonyl (C=O) groups excluding carboxylic acids is 1. The molecule has 0 unspecified atom stereocenters. The van der Waals surface area contributed by atoms with E-state index in [1.807, 2.05) is 0 Å². The quantitative estimate of drug-likeness (QED) is 0.707. The summed E-state index contributed by atoms with van der Waals surface area (Å²) in [4.78, 5) is 11.9. The van der Waals surface area contributed by atoms with Crippen LogP contribution in [0, 0.1) is 0 Å². The van der Waals surface area contributed by atoms with Crippen molar-refractivity contribution >= 4 is 11.3 Å². The molecule has 6 heteroatoms. The molecule has 96 valence electrons. The van der Waals surface area contributed by atoms with Crippen molar-refractivity contribution in [3.63, 3.8) is 0 Å². The fourth-order valence-electron chi connectivity index (χ4n) is 2.16. The summed E-state index contributed by atoms with van der Waals surface area (Å²) in [6.07, 6.45) is 5.12. The molecule has 3 rings (SSSR count). The van der Waals surface area contributed by atoms with Gasteiger partial charge < -0.3 is 5.11 Å². The summed E-state index contributed by atoms with van der Waals surface area (Å²) in [5.74, 6) is -0.106. The number of pyridine rings is 1. The van der Waals surface area contributed by atoms with Crippen LogP contribution >= 0.6 is 0 Å². The predicted molar refractivity (Wildman–Crippen MR) is 69.1 cm³/mol. The highest BCUT2D eigenvalue weighted by atomic mass is 16.3. The van der Waals surface area contributed by atoms with E-state index in [0.29, 0.717) is 16.8 Å². The minimum absolute atomic E-state index is 0.0374. The molecule has 0 spiro atoms. The SMILES string of the molecule is CC(=O)c1c(-c2cnn(C)c2)nn2cccc(O)c12. The van der Waals surface area contributed by atoms with Crippen LogP contribution in [0.3, 0.4) is 0 Å². The van der Waals surface area contributed by atoms with E-state index in [2.05, 4.69) is 10.2 Å². The van der Waals surface area contributed by atoms with Gasteiger partial charge in [0.25, 0.3) is 0 Å². The number of carbonyl (C=O) groups is 1. The number of ketones is 1. The molecule has 0 aromatic carbocycles. The molecule has 0 saturated heterocycles. The van der Waals surface area contributed by atoms with E-state index in [0.717, 1.165) is 5.56 Å². The average molecular weight is 256 g/mol. The van der Waals surface area contributed by atoms with Gasteiger partial charge in [-0.3, -0.25) is 9.48 Å². The minimum Gasteiger partial charge on any atom is -0.506 e. The minimum atomic E-state index is -0.143. The van der Waals surface area contributed by atoms with E-state index in [1.54, 1.807) is 36.4 Å². The van der Waals surface area contributed by atoms with E-state index in [1.165, 1.54) is 17.5 Å². The average Bonchev–Trinajstić information content (AvgIpc) is 2.92. The molecular formula is C13H12N4O2. The van der Waals surface area contributed by atoms with Crippen molar-refractivity contribution < 1.29 is 9.90 Å². The highest BCUT2D eigenvalue weighted by Gasteiger charge is 2.21. The van der Waals surface area contributed by atoms with Crippen molar-refractivity contribution in [2.45, 2.75) is 6.92 Å². The summed E-state index contributed by atoms with van der Waals surface area (Å²) in [6.45, 7) is 1.46. The summed E-state index contributed by atoms with van der Waals surface area (Å²) in [5.41, 5.74) is 2.11. The molecule has 6 nitrogen and oxygen atoms in total. The summed E-state index contributed by atoms with van der Waals surface area (Å²) in [6, 6.07) is 3.21. The van der Waals surface area contributed by atoms with Crippen LogP contribution in [0.4, 0.5) is 0 Å². The van der Waals surface area contributed by atoms with Gasteiger partial charge >= 0.3 is 0 Å². The molecule has 0 aliphatic heterocycles. The zero-order valence-corrected chi connectivity index (χ0v) is 10.5. The number of fused-ring (bicyclic) bond motifs is 1. The van der Waals surface area contributed by atoms with Crippen LogP contribution < -0.4 is 0 Å². The summed E-state index contributed by atoms with van der Waals surface area (Å²) >= 11 is 0. The van der Waals surface area contributed by atoms with Gasteiger partial charge in [0.1, 0.15) is 17.0 Å². The first-order valence-electron chi connectivity index (χ1n) is 5.78. The van der Waals surface area contributed by atoms with Gasteiger partial charge in [-0.15, -0.1) is 0 Å². The van der Waals surface area contributed by atoms with Crippen LogP contribution in [0.25, 0.3) is 16.8 Å². The molecule has 0 radical (unpaired) electrons. The Kier molecular flexibility index (Phi) is 2.38. The highest BCUT2D eigenvalue weighted by Crippen LogP contribution is 2.30. The van der Waals surface area contributed by atoms with Crippen molar-refractivity contribution in [1.82, 2.24) is 19.4 Å². The molecule has 3 aromatic rings. The zero-order chi connectivity index (χ0) is 13.6. The van der Waals surface area contributed by atoms with Crippen LogP contribution in [-0.2, 0) is 7.05 Å². The number of aromatic hydroxyl groups is 1. The van der Waals surface area contributed by atoms with E-state index in [-0.39, 0.29) is 11.5 Å². The Morgan fingerprint density at radius 2 is 2.21 bits per heavy atom. The number of rotatable bonds is 2. The van der Waals surface area contributed by atoms with Crippen LogP contribution in [-0.4, -0.2) is 30.3 Å². The second-order valence-corrected chi connectivity index (χ2v) is 4.37. The van der Waals surface area contributed by atoms with Gasteiger partial charge in [-0.25, -0.2) is 4.52 Å². The Morgan fingerprint density at radius 3 is 2.84 bits per heavy atom. The monoisotopic (exact) mass is 256 g/mol. The molecule has 0 aliphatic rings. The fraction of sp³-hybridized carbons (Fsp3) is 0.154. The summed E-state index contributed by atoms with van der Waals surface area (Å²) < 4.78 is 3.15. The first-order valence-corrected chi connectivity index (χ1v) is 5.78.